The summed E-state index contributed by atoms with van der Waals surface area (Å²) < 4.78 is 16.6. The molecule has 11 heteroatoms. The van der Waals surface area contributed by atoms with Gasteiger partial charge in [0.2, 0.25) is 5.75 Å². The fourth-order valence-corrected chi connectivity index (χ4v) is 5.37. The third-order valence-electron chi connectivity index (χ3n) is 6.71. The first-order valence-electron chi connectivity index (χ1n) is 11.7. The van der Waals surface area contributed by atoms with Gasteiger partial charge >= 0.3 is 0 Å². The zero-order chi connectivity index (χ0) is 25.4. The number of halogens is 3. The standard InChI is InChI=1S/C27H29ClN4O4.2ClH/c1-34-22-11-15-10-20(31-24(15)26(36-3)25(22)35-2)27(33)32-14-16(13-28)23-18-7-5-4-6-17(18)19(12-21(23)32)30-9-8-29;;/h4-7,10-12,16,30-31H,8-9,13-14,29H2,1-3H3;2*1H. The third kappa shape index (κ3) is 4.78. The lowest BCUT2D eigenvalue weighted by Gasteiger charge is -2.19. The summed E-state index contributed by atoms with van der Waals surface area (Å²) in [5, 5.41) is 6.37. The number of alkyl halides is 1. The van der Waals surface area contributed by atoms with Crippen LogP contribution < -0.4 is 30.2 Å². The van der Waals surface area contributed by atoms with Crippen molar-refractivity contribution in [2.75, 3.05) is 57.1 Å². The third-order valence-corrected chi connectivity index (χ3v) is 7.08. The highest BCUT2D eigenvalue weighted by atomic mass is 35.5. The highest BCUT2D eigenvalue weighted by Crippen LogP contribution is 2.46. The van der Waals surface area contributed by atoms with Crippen molar-refractivity contribution in [3.8, 4) is 17.2 Å². The molecule has 204 valence electrons. The Morgan fingerprint density at radius 1 is 1.08 bits per heavy atom. The second-order valence-corrected chi connectivity index (χ2v) is 8.99. The van der Waals surface area contributed by atoms with Crippen molar-refractivity contribution in [3.63, 3.8) is 0 Å². The molecule has 1 atom stereocenters. The number of anilines is 2. The Balaban J connectivity index is 0.00000200. The van der Waals surface area contributed by atoms with E-state index in [1.54, 1.807) is 26.2 Å². The number of methoxy groups -OCH3 is 3. The van der Waals surface area contributed by atoms with E-state index in [9.17, 15) is 4.79 Å². The highest BCUT2D eigenvalue weighted by molar-refractivity contribution is 6.19. The maximum absolute atomic E-state index is 13.9. The van der Waals surface area contributed by atoms with E-state index in [4.69, 9.17) is 31.5 Å². The molecular weight excluding hydrogens is 551 g/mol. The van der Waals surface area contributed by atoms with Crippen molar-refractivity contribution < 1.29 is 19.0 Å². The summed E-state index contributed by atoms with van der Waals surface area (Å²) in [5.41, 5.74) is 9.73. The minimum absolute atomic E-state index is 0. The second-order valence-electron chi connectivity index (χ2n) is 8.68. The summed E-state index contributed by atoms with van der Waals surface area (Å²) in [6.07, 6.45) is 0. The topological polar surface area (TPSA) is 102 Å². The SMILES string of the molecule is COc1cc2cc(C(=O)N3CC(CCl)c4c3cc(NCCN)c3ccccc43)[nH]c2c(OC)c1OC.Cl.Cl. The van der Waals surface area contributed by atoms with Crippen LogP contribution in [0, 0.1) is 0 Å². The number of carbonyl (C=O) groups excluding carboxylic acids is 1. The molecule has 0 spiro atoms. The van der Waals surface area contributed by atoms with Gasteiger partial charge in [-0.2, -0.15) is 0 Å². The van der Waals surface area contributed by atoms with Gasteiger partial charge in [0.15, 0.2) is 11.5 Å². The minimum Gasteiger partial charge on any atom is -0.493 e. The van der Waals surface area contributed by atoms with E-state index in [0.29, 0.717) is 54.0 Å². The van der Waals surface area contributed by atoms with Gasteiger partial charge in [0, 0.05) is 47.9 Å². The molecule has 1 aliphatic rings. The lowest BCUT2D eigenvalue weighted by molar-refractivity contribution is 0.0984. The molecule has 1 aliphatic heterocycles. The lowest BCUT2D eigenvalue weighted by Crippen LogP contribution is -2.30. The predicted octanol–water partition coefficient (Wildman–Crippen LogP) is 5.54. The minimum atomic E-state index is -0.153. The molecule has 5 rings (SSSR count). The first-order valence-corrected chi connectivity index (χ1v) is 12.3. The number of benzene rings is 3. The van der Waals surface area contributed by atoms with E-state index < -0.39 is 0 Å². The van der Waals surface area contributed by atoms with Crippen molar-refractivity contribution in [1.82, 2.24) is 4.98 Å². The number of aromatic nitrogens is 1. The molecule has 1 amide bonds. The number of aromatic amines is 1. The zero-order valence-corrected chi connectivity index (χ0v) is 23.7. The Morgan fingerprint density at radius 2 is 1.79 bits per heavy atom. The molecule has 1 aromatic heterocycles. The van der Waals surface area contributed by atoms with Gasteiger partial charge in [0.25, 0.3) is 5.91 Å². The fraction of sp³-hybridized carbons (Fsp3) is 0.296. The number of H-pyrrole nitrogens is 1. The van der Waals surface area contributed by atoms with Gasteiger partial charge in [0.05, 0.1) is 32.5 Å². The van der Waals surface area contributed by atoms with E-state index in [1.165, 1.54) is 0 Å². The number of rotatable bonds is 8. The van der Waals surface area contributed by atoms with Crippen molar-refractivity contribution in [3.05, 3.63) is 53.7 Å². The van der Waals surface area contributed by atoms with Crippen LogP contribution >= 0.6 is 36.4 Å². The molecular formula is C27H31Cl3N4O4. The Morgan fingerprint density at radius 3 is 2.42 bits per heavy atom. The maximum atomic E-state index is 13.9. The summed E-state index contributed by atoms with van der Waals surface area (Å²) in [6.45, 7) is 1.62. The van der Waals surface area contributed by atoms with Gasteiger partial charge in [-0.3, -0.25) is 4.79 Å². The van der Waals surface area contributed by atoms with Gasteiger partial charge in [-0.15, -0.1) is 36.4 Å². The van der Waals surface area contributed by atoms with Crippen molar-refractivity contribution in [1.29, 1.82) is 0 Å². The highest BCUT2D eigenvalue weighted by Gasteiger charge is 2.35. The van der Waals surface area contributed by atoms with E-state index in [1.807, 2.05) is 30.3 Å². The van der Waals surface area contributed by atoms with Crippen LogP contribution in [0.5, 0.6) is 17.2 Å². The normalized spacial score (nSPS) is 14.0. The largest absolute Gasteiger partial charge is 0.493 e. The summed E-state index contributed by atoms with van der Waals surface area (Å²) >= 11 is 6.42. The van der Waals surface area contributed by atoms with Gasteiger partial charge in [-0.1, -0.05) is 24.3 Å². The number of nitrogens with one attached hydrogen (secondary N) is 2. The number of amides is 1. The van der Waals surface area contributed by atoms with Crippen LogP contribution in [-0.4, -0.2) is 57.7 Å². The summed E-state index contributed by atoms with van der Waals surface area (Å²) in [6, 6.07) is 13.9. The molecule has 8 nitrogen and oxygen atoms in total. The second kappa shape index (κ2) is 12.2. The lowest BCUT2D eigenvalue weighted by atomic mass is 9.95. The first kappa shape index (κ1) is 29.5. The van der Waals surface area contributed by atoms with Crippen LogP contribution in [0.1, 0.15) is 22.0 Å². The van der Waals surface area contributed by atoms with E-state index >= 15 is 0 Å². The Kier molecular flexibility index (Phi) is 9.49. The van der Waals surface area contributed by atoms with Gasteiger partial charge in [-0.05, 0) is 29.1 Å². The van der Waals surface area contributed by atoms with Gasteiger partial charge < -0.3 is 35.1 Å². The molecule has 2 heterocycles. The number of fused-ring (bicyclic) bond motifs is 4. The molecule has 0 bridgehead atoms. The molecule has 0 saturated heterocycles. The number of nitrogens with two attached hydrogens (primary N) is 1. The van der Waals surface area contributed by atoms with Crippen LogP contribution in [0.4, 0.5) is 11.4 Å². The molecule has 3 aromatic carbocycles. The number of carbonyl (C=O) groups is 1. The molecule has 1 unspecified atom stereocenters. The monoisotopic (exact) mass is 580 g/mol. The summed E-state index contributed by atoms with van der Waals surface area (Å²) in [4.78, 5) is 19.0. The molecule has 0 aliphatic carbocycles. The van der Waals surface area contributed by atoms with Gasteiger partial charge in [-0.25, -0.2) is 0 Å². The number of hydrogen-bond donors (Lipinski definition) is 3. The van der Waals surface area contributed by atoms with Crippen LogP contribution in [0.3, 0.4) is 0 Å². The number of ether oxygens (including phenoxy) is 3. The van der Waals surface area contributed by atoms with Crippen molar-refractivity contribution >= 4 is 75.4 Å². The Hall–Kier alpha value is -3.04. The average Bonchev–Trinajstić information content (AvgIpc) is 3.51. The van der Waals surface area contributed by atoms with Crippen LogP contribution in [0.2, 0.25) is 0 Å². The molecule has 4 aromatic rings. The molecule has 38 heavy (non-hydrogen) atoms. The molecule has 0 radical (unpaired) electrons. The van der Waals surface area contributed by atoms with Crippen LogP contribution in [0.25, 0.3) is 21.7 Å². The smallest absolute Gasteiger partial charge is 0.274 e. The van der Waals surface area contributed by atoms with Crippen LogP contribution in [0.15, 0.2) is 42.5 Å². The molecule has 4 N–H and O–H groups in total. The van der Waals surface area contributed by atoms with Crippen LogP contribution in [-0.2, 0) is 0 Å². The maximum Gasteiger partial charge on any atom is 0.274 e. The fourth-order valence-electron chi connectivity index (χ4n) is 5.12. The van der Waals surface area contributed by atoms with E-state index in [-0.39, 0.29) is 36.6 Å². The van der Waals surface area contributed by atoms with E-state index in [2.05, 4.69) is 22.4 Å². The first-order chi connectivity index (χ1) is 17.6. The predicted molar refractivity (Wildman–Crippen MR) is 159 cm³/mol. The Bertz CT molecular complexity index is 1460. The van der Waals surface area contributed by atoms with E-state index in [0.717, 1.165) is 33.1 Å². The van der Waals surface area contributed by atoms with Crippen molar-refractivity contribution in [2.45, 2.75) is 5.92 Å². The van der Waals surface area contributed by atoms with Crippen molar-refractivity contribution in [2.24, 2.45) is 5.73 Å². The average molecular weight is 582 g/mol. The molecule has 0 saturated carbocycles. The number of hydrogen-bond acceptors (Lipinski definition) is 6. The van der Waals surface area contributed by atoms with Gasteiger partial charge in [0.1, 0.15) is 5.69 Å². The zero-order valence-electron chi connectivity index (χ0n) is 21.3. The Labute approximate surface area is 238 Å². The molecule has 0 fully saturated rings. The quantitative estimate of drug-likeness (QED) is 0.236. The number of nitrogens with zero attached hydrogens (tertiary/aromatic N) is 1. The summed E-state index contributed by atoms with van der Waals surface area (Å²) in [5.74, 6) is 1.73. The summed E-state index contributed by atoms with van der Waals surface area (Å²) in [7, 11) is 4.67.